The summed E-state index contributed by atoms with van der Waals surface area (Å²) in [6.45, 7) is 4.11. The number of benzene rings is 2. The molecule has 0 bridgehead atoms. The van der Waals surface area contributed by atoms with Gasteiger partial charge >= 0.3 is 0 Å². The van der Waals surface area contributed by atoms with E-state index in [1.54, 1.807) is 0 Å². The first kappa shape index (κ1) is 12.4. The van der Waals surface area contributed by atoms with Gasteiger partial charge in [0.1, 0.15) is 5.52 Å². The van der Waals surface area contributed by atoms with E-state index in [2.05, 4.69) is 40.3 Å². The zero-order valence-electron chi connectivity index (χ0n) is 11.4. The number of oxazole rings is 1. The summed E-state index contributed by atoms with van der Waals surface area (Å²) >= 11 is 0. The van der Waals surface area contributed by atoms with Crippen LogP contribution in [-0.2, 0) is 0 Å². The number of hydrogen-bond acceptors (Lipinski definition) is 3. The first-order chi connectivity index (χ1) is 9.72. The second kappa shape index (κ2) is 5.17. The standard InChI is InChI=1S/C8H8N2.C8H7NO.H2/c1-6-2-3-7-5-9-10-8(7)4-6;1-6-2-3-8-7(4-6)9-5-10-8;/h2-5H,1H3,(H,9,10);2-5H,1H3;1H. The molecule has 4 nitrogen and oxygen atoms in total. The molecule has 0 aliphatic carbocycles. The minimum Gasteiger partial charge on any atom is -0.443 e. The number of aromatic nitrogens is 3. The average Bonchev–Trinajstić information content (AvgIpc) is 3.06. The van der Waals surface area contributed by atoms with Gasteiger partial charge in [0, 0.05) is 6.81 Å². The molecule has 0 saturated carbocycles. The molecule has 0 radical (unpaired) electrons. The van der Waals surface area contributed by atoms with Gasteiger partial charge in [-0.1, -0.05) is 18.2 Å². The van der Waals surface area contributed by atoms with Crippen molar-refractivity contribution < 1.29 is 5.84 Å². The molecule has 0 unspecified atom stereocenters. The van der Waals surface area contributed by atoms with Crippen LogP contribution >= 0.6 is 0 Å². The number of nitrogens with one attached hydrogen (secondary N) is 1. The van der Waals surface area contributed by atoms with Gasteiger partial charge in [0.2, 0.25) is 0 Å². The minimum atomic E-state index is 0. The van der Waals surface area contributed by atoms with Gasteiger partial charge in [0.25, 0.3) is 0 Å². The lowest BCUT2D eigenvalue weighted by atomic mass is 10.2. The summed E-state index contributed by atoms with van der Waals surface area (Å²) in [5.41, 5.74) is 5.36. The quantitative estimate of drug-likeness (QED) is 0.518. The Bertz CT molecular complexity index is 779. The maximum absolute atomic E-state index is 5.06. The number of nitrogens with zero attached hydrogens (tertiary/aromatic N) is 2. The summed E-state index contributed by atoms with van der Waals surface area (Å²) in [7, 11) is 0. The molecule has 0 saturated heterocycles. The molecule has 0 fully saturated rings. The van der Waals surface area contributed by atoms with Crippen LogP contribution in [0.5, 0.6) is 0 Å². The van der Waals surface area contributed by atoms with E-state index in [9.17, 15) is 0 Å². The van der Waals surface area contributed by atoms with E-state index in [0.29, 0.717) is 0 Å². The molecular formula is C16H17N3O. The van der Waals surface area contributed by atoms with E-state index in [1.807, 2.05) is 31.3 Å². The van der Waals surface area contributed by atoms with E-state index in [0.717, 1.165) is 16.6 Å². The van der Waals surface area contributed by atoms with Crippen molar-refractivity contribution >= 4 is 22.0 Å². The van der Waals surface area contributed by atoms with E-state index in [4.69, 9.17) is 4.42 Å². The Morgan fingerprint density at radius 1 is 1.05 bits per heavy atom. The highest BCUT2D eigenvalue weighted by molar-refractivity contribution is 5.78. The Morgan fingerprint density at radius 3 is 2.75 bits per heavy atom. The van der Waals surface area contributed by atoms with Crippen LogP contribution in [0.1, 0.15) is 12.6 Å². The minimum absolute atomic E-state index is 0. The fraction of sp³-hybridized carbons (Fsp3) is 0.125. The van der Waals surface area contributed by atoms with Crippen LogP contribution in [0.2, 0.25) is 0 Å². The number of aromatic amines is 1. The van der Waals surface area contributed by atoms with Gasteiger partial charge < -0.3 is 4.42 Å². The fourth-order valence-electron chi connectivity index (χ4n) is 2.02. The molecule has 20 heavy (non-hydrogen) atoms. The van der Waals surface area contributed by atoms with Crippen molar-refractivity contribution in [3.05, 3.63) is 60.1 Å². The molecule has 1 N–H and O–H groups in total. The predicted molar refractivity (Wildman–Crippen MR) is 81.7 cm³/mol. The number of H-pyrrole nitrogens is 1. The van der Waals surface area contributed by atoms with Crippen molar-refractivity contribution in [2.45, 2.75) is 13.8 Å². The first-order valence-electron chi connectivity index (χ1n) is 6.42. The zero-order valence-corrected chi connectivity index (χ0v) is 11.4. The molecule has 0 aliphatic rings. The van der Waals surface area contributed by atoms with Crippen molar-refractivity contribution in [2.24, 2.45) is 0 Å². The molecule has 4 rings (SSSR count). The SMILES string of the molecule is Cc1ccc2cn[nH]c2c1.Cc1ccc2ocnc2c1.[HH]. The average molecular weight is 267 g/mol. The number of hydrogen-bond donors (Lipinski definition) is 1. The van der Waals surface area contributed by atoms with Crippen LogP contribution in [0.4, 0.5) is 0 Å². The van der Waals surface area contributed by atoms with Crippen LogP contribution < -0.4 is 0 Å². The molecule has 2 aromatic heterocycles. The number of aryl methyl sites for hydroxylation is 2. The Hall–Kier alpha value is -2.62. The summed E-state index contributed by atoms with van der Waals surface area (Å²) in [5, 5.41) is 8.00. The molecule has 4 aromatic rings. The molecule has 0 aliphatic heterocycles. The van der Waals surface area contributed by atoms with Gasteiger partial charge in [-0.25, -0.2) is 4.98 Å². The summed E-state index contributed by atoms with van der Waals surface area (Å²) < 4.78 is 5.06. The molecule has 4 heteroatoms. The first-order valence-corrected chi connectivity index (χ1v) is 6.42. The normalized spacial score (nSPS) is 10.5. The Balaban J connectivity index is 0.000000147. The van der Waals surface area contributed by atoms with Crippen LogP contribution in [0.15, 0.2) is 53.4 Å². The fourth-order valence-corrected chi connectivity index (χ4v) is 2.02. The maximum Gasteiger partial charge on any atom is 0.181 e. The van der Waals surface area contributed by atoms with Crippen LogP contribution in [-0.4, -0.2) is 15.2 Å². The highest BCUT2D eigenvalue weighted by atomic mass is 16.3. The third-order valence-electron chi connectivity index (χ3n) is 3.08. The molecular weight excluding hydrogens is 250 g/mol. The van der Waals surface area contributed by atoms with E-state index >= 15 is 0 Å². The summed E-state index contributed by atoms with van der Waals surface area (Å²) in [6.07, 6.45) is 3.29. The van der Waals surface area contributed by atoms with Crippen LogP contribution in [0.3, 0.4) is 0 Å². The zero-order chi connectivity index (χ0) is 13.9. The Morgan fingerprint density at radius 2 is 1.85 bits per heavy atom. The van der Waals surface area contributed by atoms with Gasteiger partial charge in [0.15, 0.2) is 12.0 Å². The molecule has 0 spiro atoms. The molecule has 2 heterocycles. The molecule has 102 valence electrons. The van der Waals surface area contributed by atoms with E-state index in [-0.39, 0.29) is 1.43 Å². The van der Waals surface area contributed by atoms with Crippen molar-refractivity contribution in [2.75, 3.05) is 0 Å². The molecule has 2 aromatic carbocycles. The molecule has 0 atom stereocenters. The third-order valence-corrected chi connectivity index (χ3v) is 3.08. The lowest BCUT2D eigenvalue weighted by Gasteiger charge is -1.89. The highest BCUT2D eigenvalue weighted by Crippen LogP contribution is 2.12. The Labute approximate surface area is 117 Å². The third kappa shape index (κ3) is 2.54. The maximum atomic E-state index is 5.06. The smallest absolute Gasteiger partial charge is 0.181 e. The molecule has 0 amide bonds. The van der Waals surface area contributed by atoms with E-state index in [1.165, 1.54) is 22.9 Å². The predicted octanol–water partition coefficient (Wildman–Crippen LogP) is 4.25. The monoisotopic (exact) mass is 267 g/mol. The number of rotatable bonds is 0. The second-order valence-electron chi connectivity index (χ2n) is 4.78. The largest absolute Gasteiger partial charge is 0.443 e. The summed E-state index contributed by atoms with van der Waals surface area (Å²) in [4.78, 5) is 4.01. The Kier molecular flexibility index (Phi) is 3.21. The van der Waals surface area contributed by atoms with Crippen molar-refractivity contribution in [1.82, 2.24) is 15.2 Å². The summed E-state index contributed by atoms with van der Waals surface area (Å²) in [5.74, 6) is 0. The van der Waals surface area contributed by atoms with Crippen molar-refractivity contribution in [3.8, 4) is 0 Å². The van der Waals surface area contributed by atoms with Gasteiger partial charge in [0.05, 0.1) is 11.7 Å². The van der Waals surface area contributed by atoms with E-state index < -0.39 is 0 Å². The van der Waals surface area contributed by atoms with Crippen molar-refractivity contribution in [3.63, 3.8) is 0 Å². The van der Waals surface area contributed by atoms with Gasteiger partial charge in [-0.05, 0) is 43.2 Å². The van der Waals surface area contributed by atoms with Crippen LogP contribution in [0.25, 0.3) is 22.0 Å². The van der Waals surface area contributed by atoms with Crippen LogP contribution in [0, 0.1) is 13.8 Å². The van der Waals surface area contributed by atoms with Gasteiger partial charge in [-0.3, -0.25) is 5.10 Å². The van der Waals surface area contributed by atoms with Crippen molar-refractivity contribution in [1.29, 1.82) is 0 Å². The number of fused-ring (bicyclic) bond motifs is 2. The lowest BCUT2D eigenvalue weighted by Crippen LogP contribution is -1.70. The van der Waals surface area contributed by atoms with Gasteiger partial charge in [-0.2, -0.15) is 5.10 Å². The second-order valence-corrected chi connectivity index (χ2v) is 4.78. The lowest BCUT2D eigenvalue weighted by molar-refractivity contribution is 0.602. The van der Waals surface area contributed by atoms with Gasteiger partial charge in [-0.15, -0.1) is 0 Å². The topological polar surface area (TPSA) is 54.7 Å². The summed E-state index contributed by atoms with van der Waals surface area (Å²) in [6, 6.07) is 12.2. The highest BCUT2D eigenvalue weighted by Gasteiger charge is 1.95.